The number of hydrogen-bond donors (Lipinski definition) is 2. The summed E-state index contributed by atoms with van der Waals surface area (Å²) in [6.45, 7) is 2.82. The average molecular weight is 555 g/mol. The Labute approximate surface area is 229 Å². The summed E-state index contributed by atoms with van der Waals surface area (Å²) in [4.78, 5) is 54.6. The maximum absolute atomic E-state index is 13.3. The van der Waals surface area contributed by atoms with Gasteiger partial charge >= 0.3 is 0 Å². The number of nitrogens with zero attached hydrogens (tertiary/aromatic N) is 2. The van der Waals surface area contributed by atoms with E-state index in [1.54, 1.807) is 67.5 Å². The Morgan fingerprint density at radius 2 is 1.89 bits per heavy atom. The molecule has 2 heterocycles. The van der Waals surface area contributed by atoms with E-state index in [4.69, 9.17) is 16.3 Å². The SMILES string of the molecule is Cc1cc(C(=O)Nc2c(CNC(=O)c3ccc(Cl)s3)cccc2C(=O)N(C)C)ccc1N1CCOCC1=O. The van der Waals surface area contributed by atoms with Crippen molar-refractivity contribution in [2.24, 2.45) is 0 Å². The molecule has 198 valence electrons. The van der Waals surface area contributed by atoms with Crippen LogP contribution in [0.3, 0.4) is 0 Å². The standard InChI is InChI=1S/C27H27ClN4O5S/c1-16-13-17(7-8-20(16)32-11-12-37-15-23(32)33)25(34)30-24-18(5-4-6-19(24)27(36)31(2)3)14-29-26(35)21-9-10-22(28)38-21/h4-10,13H,11-12,14-15H2,1-3H3,(H,29,35)(H,30,34). The Morgan fingerprint density at radius 1 is 1.11 bits per heavy atom. The molecule has 11 heteroatoms. The van der Waals surface area contributed by atoms with Gasteiger partial charge < -0.3 is 25.2 Å². The predicted molar refractivity (Wildman–Crippen MR) is 147 cm³/mol. The van der Waals surface area contributed by atoms with E-state index in [2.05, 4.69) is 10.6 Å². The van der Waals surface area contributed by atoms with E-state index in [1.165, 1.54) is 4.90 Å². The third-order valence-electron chi connectivity index (χ3n) is 6.00. The summed E-state index contributed by atoms with van der Waals surface area (Å²) >= 11 is 7.10. The number of nitrogens with one attached hydrogen (secondary N) is 2. The van der Waals surface area contributed by atoms with Gasteiger partial charge in [0.1, 0.15) is 6.61 Å². The van der Waals surface area contributed by atoms with E-state index in [0.717, 1.165) is 22.6 Å². The summed E-state index contributed by atoms with van der Waals surface area (Å²) in [5.41, 5.74) is 3.01. The molecule has 1 aromatic heterocycles. The number of morpholine rings is 1. The van der Waals surface area contributed by atoms with Gasteiger partial charge in [0.05, 0.1) is 27.1 Å². The second kappa shape index (κ2) is 11.8. The largest absolute Gasteiger partial charge is 0.370 e. The molecule has 1 fully saturated rings. The third kappa shape index (κ3) is 6.04. The van der Waals surface area contributed by atoms with Crippen molar-refractivity contribution < 1.29 is 23.9 Å². The number of para-hydroxylation sites is 1. The Hall–Kier alpha value is -3.73. The molecule has 2 aromatic carbocycles. The van der Waals surface area contributed by atoms with Gasteiger partial charge in [-0.05, 0) is 54.4 Å². The van der Waals surface area contributed by atoms with Crippen molar-refractivity contribution in [3.05, 3.63) is 80.0 Å². The lowest BCUT2D eigenvalue weighted by molar-refractivity contribution is -0.125. The molecular weight excluding hydrogens is 528 g/mol. The summed E-state index contributed by atoms with van der Waals surface area (Å²) in [5, 5.41) is 5.70. The molecule has 2 N–H and O–H groups in total. The second-order valence-electron chi connectivity index (χ2n) is 8.88. The molecule has 9 nitrogen and oxygen atoms in total. The van der Waals surface area contributed by atoms with Gasteiger partial charge in [0.25, 0.3) is 23.6 Å². The van der Waals surface area contributed by atoms with Crippen LogP contribution in [0, 0.1) is 6.92 Å². The van der Waals surface area contributed by atoms with Crippen LogP contribution in [0.2, 0.25) is 4.34 Å². The van der Waals surface area contributed by atoms with Gasteiger partial charge in [-0.25, -0.2) is 0 Å². The lowest BCUT2D eigenvalue weighted by atomic mass is 10.0. The second-order valence-corrected chi connectivity index (χ2v) is 10.6. The highest BCUT2D eigenvalue weighted by Crippen LogP contribution is 2.27. The third-order valence-corrected chi connectivity index (χ3v) is 7.23. The molecule has 0 unspecified atom stereocenters. The molecule has 3 aromatic rings. The number of hydrogen-bond acceptors (Lipinski definition) is 6. The van der Waals surface area contributed by atoms with Crippen molar-refractivity contribution in [2.75, 3.05) is 44.1 Å². The molecule has 0 aliphatic carbocycles. The van der Waals surface area contributed by atoms with Crippen molar-refractivity contribution in [1.29, 1.82) is 0 Å². The molecule has 1 aliphatic rings. The number of thiophene rings is 1. The minimum atomic E-state index is -0.426. The van der Waals surface area contributed by atoms with Crippen LogP contribution in [-0.4, -0.2) is 62.4 Å². The van der Waals surface area contributed by atoms with Crippen LogP contribution in [0.1, 0.15) is 41.5 Å². The first-order valence-corrected chi connectivity index (χ1v) is 13.0. The predicted octanol–water partition coefficient (Wildman–Crippen LogP) is 3.96. The highest BCUT2D eigenvalue weighted by atomic mass is 35.5. The number of ether oxygens (including phenoxy) is 1. The maximum atomic E-state index is 13.3. The van der Waals surface area contributed by atoms with Gasteiger partial charge in [0.2, 0.25) is 0 Å². The molecule has 1 saturated heterocycles. The number of benzene rings is 2. The quantitative estimate of drug-likeness (QED) is 0.460. The zero-order valence-corrected chi connectivity index (χ0v) is 22.7. The highest BCUT2D eigenvalue weighted by molar-refractivity contribution is 7.18. The number of amides is 4. The minimum absolute atomic E-state index is 0.0250. The first-order valence-electron chi connectivity index (χ1n) is 11.8. The van der Waals surface area contributed by atoms with Gasteiger partial charge in [0.15, 0.2) is 0 Å². The lowest BCUT2D eigenvalue weighted by Gasteiger charge is -2.28. The summed E-state index contributed by atoms with van der Waals surface area (Å²) < 4.78 is 5.70. The monoisotopic (exact) mass is 554 g/mol. The number of carbonyl (C=O) groups is 4. The maximum Gasteiger partial charge on any atom is 0.261 e. The van der Waals surface area contributed by atoms with E-state index in [9.17, 15) is 19.2 Å². The summed E-state index contributed by atoms with van der Waals surface area (Å²) in [6, 6.07) is 13.4. The topological polar surface area (TPSA) is 108 Å². The van der Waals surface area contributed by atoms with Gasteiger partial charge in [-0.15, -0.1) is 11.3 Å². The van der Waals surface area contributed by atoms with Gasteiger partial charge in [-0.3, -0.25) is 19.2 Å². The van der Waals surface area contributed by atoms with E-state index in [1.807, 2.05) is 6.92 Å². The fourth-order valence-corrected chi connectivity index (χ4v) is 5.03. The molecule has 0 radical (unpaired) electrons. The smallest absolute Gasteiger partial charge is 0.261 e. The Balaban J connectivity index is 1.60. The number of rotatable bonds is 7. The number of anilines is 2. The Bertz CT molecular complexity index is 1400. The molecule has 4 amide bonds. The number of carbonyl (C=O) groups excluding carboxylic acids is 4. The van der Waals surface area contributed by atoms with Crippen LogP contribution < -0.4 is 15.5 Å². The number of halogens is 1. The normalized spacial score (nSPS) is 13.3. The summed E-state index contributed by atoms with van der Waals surface area (Å²) in [6.07, 6.45) is 0. The molecule has 1 aliphatic heterocycles. The molecular formula is C27H27ClN4O5S. The highest BCUT2D eigenvalue weighted by Gasteiger charge is 2.23. The van der Waals surface area contributed by atoms with Crippen LogP contribution >= 0.6 is 22.9 Å². The first-order chi connectivity index (χ1) is 18.2. The zero-order chi connectivity index (χ0) is 27.4. The lowest BCUT2D eigenvalue weighted by Crippen LogP contribution is -2.42. The molecule has 0 bridgehead atoms. The fourth-order valence-electron chi connectivity index (χ4n) is 4.07. The zero-order valence-electron chi connectivity index (χ0n) is 21.2. The molecule has 4 rings (SSSR count). The molecule has 38 heavy (non-hydrogen) atoms. The van der Waals surface area contributed by atoms with Crippen molar-refractivity contribution in [2.45, 2.75) is 13.5 Å². The van der Waals surface area contributed by atoms with Crippen LogP contribution in [0.5, 0.6) is 0 Å². The fraction of sp³-hybridized carbons (Fsp3) is 0.259. The van der Waals surface area contributed by atoms with E-state index in [0.29, 0.717) is 44.7 Å². The number of aryl methyl sites for hydroxylation is 1. The van der Waals surface area contributed by atoms with Crippen molar-refractivity contribution in [1.82, 2.24) is 10.2 Å². The van der Waals surface area contributed by atoms with Crippen LogP contribution in [0.25, 0.3) is 0 Å². The molecule has 0 atom stereocenters. The molecule has 0 spiro atoms. The Kier molecular flexibility index (Phi) is 8.45. The van der Waals surface area contributed by atoms with Crippen molar-refractivity contribution in [3.63, 3.8) is 0 Å². The first kappa shape index (κ1) is 27.3. The summed E-state index contributed by atoms with van der Waals surface area (Å²) in [7, 11) is 3.25. The van der Waals surface area contributed by atoms with E-state index in [-0.39, 0.29) is 30.9 Å². The van der Waals surface area contributed by atoms with Gasteiger partial charge in [-0.2, -0.15) is 0 Å². The average Bonchev–Trinajstić information content (AvgIpc) is 3.34. The van der Waals surface area contributed by atoms with Crippen LogP contribution in [0.4, 0.5) is 11.4 Å². The Morgan fingerprint density at radius 3 is 2.55 bits per heavy atom. The van der Waals surface area contributed by atoms with Crippen LogP contribution in [-0.2, 0) is 16.1 Å². The van der Waals surface area contributed by atoms with Crippen molar-refractivity contribution in [3.8, 4) is 0 Å². The minimum Gasteiger partial charge on any atom is -0.370 e. The van der Waals surface area contributed by atoms with Crippen LogP contribution in [0.15, 0.2) is 48.5 Å². The summed E-state index contributed by atoms with van der Waals surface area (Å²) in [5.74, 6) is -1.17. The molecule has 0 saturated carbocycles. The van der Waals surface area contributed by atoms with Gasteiger partial charge in [-0.1, -0.05) is 23.7 Å². The van der Waals surface area contributed by atoms with Crippen molar-refractivity contribution >= 4 is 57.9 Å². The van der Waals surface area contributed by atoms with E-state index >= 15 is 0 Å². The van der Waals surface area contributed by atoms with Gasteiger partial charge in [0, 0.05) is 38.4 Å². The van der Waals surface area contributed by atoms with E-state index < -0.39 is 5.91 Å².